The molecule has 0 aromatic heterocycles. The van der Waals surface area contributed by atoms with E-state index in [1.165, 1.54) is 0 Å². The minimum Gasteiger partial charge on any atom is -0.277 e. The summed E-state index contributed by atoms with van der Waals surface area (Å²) in [4.78, 5) is 14.8. The molecule has 1 fully saturated rings. The minimum absolute atomic E-state index is 0.0925. The van der Waals surface area contributed by atoms with E-state index in [0.29, 0.717) is 0 Å². The molecule has 1 amide bonds. The Morgan fingerprint density at radius 1 is 0.833 bits per heavy atom. The Morgan fingerprint density at radius 3 is 1.79 bits per heavy atom. The molecule has 0 heterocycles. The summed E-state index contributed by atoms with van der Waals surface area (Å²) in [5.74, 6) is -0.320. The first-order valence-corrected chi connectivity index (χ1v) is 10.0. The summed E-state index contributed by atoms with van der Waals surface area (Å²) < 4.78 is 25.5. The molecule has 2 N–H and O–H groups in total. The predicted octanol–water partition coefficient (Wildman–Crippen LogP) is 3.12. The molecule has 1 aromatic rings. The molecular weight excluding hydrogens is 324 g/mol. The summed E-state index contributed by atoms with van der Waals surface area (Å²) in [6.07, 6.45) is 4.86. The number of benzene rings is 1. The third kappa shape index (κ3) is 3.64. The Bertz CT molecular complexity index is 719. The number of amides is 1. The maximum Gasteiger partial charge on any atom is 0.257 e. The zero-order valence-corrected chi connectivity index (χ0v) is 16.1. The predicted molar refractivity (Wildman–Crippen MR) is 95.2 cm³/mol. The summed E-state index contributed by atoms with van der Waals surface area (Å²) >= 11 is 0. The minimum atomic E-state index is -3.80. The van der Waals surface area contributed by atoms with Gasteiger partial charge in [-0.05, 0) is 75.3 Å². The van der Waals surface area contributed by atoms with Crippen molar-refractivity contribution in [3.8, 4) is 0 Å². The van der Waals surface area contributed by atoms with Gasteiger partial charge in [0.05, 0.1) is 4.90 Å². The molecule has 0 spiro atoms. The van der Waals surface area contributed by atoms with E-state index in [1.807, 2.05) is 34.6 Å². The smallest absolute Gasteiger partial charge is 0.257 e. The lowest BCUT2D eigenvalue weighted by molar-refractivity contribution is -0.126. The van der Waals surface area contributed by atoms with Crippen LogP contribution in [-0.2, 0) is 14.8 Å². The first kappa shape index (κ1) is 18.9. The van der Waals surface area contributed by atoms with Crippen LogP contribution in [0.25, 0.3) is 0 Å². The number of rotatable bonds is 4. The maximum atomic E-state index is 12.8. The Balaban J connectivity index is 2.23. The fraction of sp³-hybridized carbons (Fsp3) is 0.611. The molecule has 5 nitrogen and oxygen atoms in total. The van der Waals surface area contributed by atoms with E-state index < -0.39 is 10.0 Å². The zero-order valence-electron chi connectivity index (χ0n) is 15.2. The molecule has 0 unspecified atom stereocenters. The van der Waals surface area contributed by atoms with Crippen LogP contribution in [0.4, 0.5) is 0 Å². The highest BCUT2D eigenvalue weighted by Crippen LogP contribution is 2.29. The van der Waals surface area contributed by atoms with Gasteiger partial charge in [0.2, 0.25) is 5.91 Å². The Kier molecular flexibility index (Phi) is 5.71. The van der Waals surface area contributed by atoms with Gasteiger partial charge in [-0.2, -0.15) is 0 Å². The lowest BCUT2D eigenvalue weighted by Crippen LogP contribution is -2.45. The van der Waals surface area contributed by atoms with Crippen molar-refractivity contribution in [1.29, 1.82) is 0 Å². The van der Waals surface area contributed by atoms with E-state index >= 15 is 0 Å². The molecule has 24 heavy (non-hydrogen) atoms. The number of sulfonamides is 1. The summed E-state index contributed by atoms with van der Waals surface area (Å²) in [5, 5.41) is 0. The van der Waals surface area contributed by atoms with Crippen molar-refractivity contribution in [2.24, 2.45) is 5.92 Å². The number of carbonyl (C=O) groups is 1. The molecule has 2 rings (SSSR count). The summed E-state index contributed by atoms with van der Waals surface area (Å²) in [7, 11) is -3.80. The van der Waals surface area contributed by atoms with Gasteiger partial charge in [0.1, 0.15) is 0 Å². The van der Waals surface area contributed by atoms with Gasteiger partial charge in [0.15, 0.2) is 0 Å². The van der Waals surface area contributed by atoms with Crippen LogP contribution < -0.4 is 10.3 Å². The van der Waals surface area contributed by atoms with Crippen molar-refractivity contribution in [2.75, 3.05) is 0 Å². The van der Waals surface area contributed by atoms with Gasteiger partial charge in [0.25, 0.3) is 10.0 Å². The van der Waals surface area contributed by atoms with Crippen molar-refractivity contribution in [1.82, 2.24) is 10.3 Å². The molecular formula is C18H28N2O3S. The van der Waals surface area contributed by atoms with Crippen LogP contribution in [0.15, 0.2) is 4.90 Å². The standard InChI is InChI=1S/C18H28N2O3S/c1-11-12(2)14(4)17(15(5)13(11)3)24(22,23)20-19-18(21)16-9-7-6-8-10-16/h16,20H,6-10H2,1-5H3,(H,19,21). The molecule has 0 bridgehead atoms. The summed E-state index contributed by atoms with van der Waals surface area (Å²) in [5.41, 5.74) is 6.93. The fourth-order valence-electron chi connectivity index (χ4n) is 3.50. The third-order valence-electron chi connectivity index (χ3n) is 5.48. The molecule has 0 aliphatic heterocycles. The van der Waals surface area contributed by atoms with Gasteiger partial charge < -0.3 is 0 Å². The number of carbonyl (C=O) groups excluding carboxylic acids is 1. The van der Waals surface area contributed by atoms with Crippen LogP contribution in [0.2, 0.25) is 0 Å². The number of nitrogens with one attached hydrogen (secondary N) is 2. The topological polar surface area (TPSA) is 75.3 Å². The van der Waals surface area contributed by atoms with Crippen molar-refractivity contribution < 1.29 is 13.2 Å². The van der Waals surface area contributed by atoms with Crippen molar-refractivity contribution in [3.05, 3.63) is 27.8 Å². The molecule has 134 valence electrons. The quantitative estimate of drug-likeness (QED) is 0.818. The van der Waals surface area contributed by atoms with E-state index in [4.69, 9.17) is 0 Å². The summed E-state index contributed by atoms with van der Waals surface area (Å²) in [6, 6.07) is 0. The van der Waals surface area contributed by atoms with Crippen molar-refractivity contribution in [3.63, 3.8) is 0 Å². The monoisotopic (exact) mass is 352 g/mol. The number of hydrogen-bond acceptors (Lipinski definition) is 3. The van der Waals surface area contributed by atoms with Crippen LogP contribution in [-0.4, -0.2) is 14.3 Å². The first-order chi connectivity index (χ1) is 11.2. The second-order valence-electron chi connectivity index (χ2n) is 6.88. The lowest BCUT2D eigenvalue weighted by atomic mass is 9.89. The van der Waals surface area contributed by atoms with Crippen molar-refractivity contribution >= 4 is 15.9 Å². The lowest BCUT2D eigenvalue weighted by Gasteiger charge is -2.22. The van der Waals surface area contributed by atoms with E-state index in [-0.39, 0.29) is 16.7 Å². The van der Waals surface area contributed by atoms with Gasteiger partial charge in [-0.25, -0.2) is 8.42 Å². The SMILES string of the molecule is Cc1c(C)c(C)c(S(=O)(=O)NNC(=O)C2CCCCC2)c(C)c1C. The average molecular weight is 353 g/mol. The Labute approximate surface area is 145 Å². The van der Waals surface area contributed by atoms with Crippen molar-refractivity contribution in [2.45, 2.75) is 71.6 Å². The zero-order chi connectivity index (χ0) is 18.1. The largest absolute Gasteiger partial charge is 0.277 e. The molecule has 1 aromatic carbocycles. The third-order valence-corrected chi connectivity index (χ3v) is 7.01. The highest BCUT2D eigenvalue weighted by atomic mass is 32.2. The van der Waals surface area contributed by atoms with E-state index in [0.717, 1.165) is 59.9 Å². The maximum absolute atomic E-state index is 12.8. The molecule has 1 saturated carbocycles. The van der Waals surface area contributed by atoms with Gasteiger partial charge in [0, 0.05) is 5.92 Å². The number of hydrogen-bond donors (Lipinski definition) is 2. The highest BCUT2D eigenvalue weighted by Gasteiger charge is 2.26. The molecule has 1 aliphatic rings. The molecule has 6 heteroatoms. The normalized spacial score (nSPS) is 16.2. The average Bonchev–Trinajstić information content (AvgIpc) is 2.57. The van der Waals surface area contributed by atoms with E-state index in [9.17, 15) is 13.2 Å². The van der Waals surface area contributed by atoms with Gasteiger partial charge >= 0.3 is 0 Å². The Hall–Kier alpha value is -1.40. The number of hydrazine groups is 1. The molecule has 0 radical (unpaired) electrons. The van der Waals surface area contributed by atoms with Crippen LogP contribution >= 0.6 is 0 Å². The van der Waals surface area contributed by atoms with Crippen LogP contribution in [0.3, 0.4) is 0 Å². The molecule has 0 atom stereocenters. The van der Waals surface area contributed by atoms with E-state index in [2.05, 4.69) is 10.3 Å². The van der Waals surface area contributed by atoms with Gasteiger partial charge in [-0.1, -0.05) is 19.3 Å². The van der Waals surface area contributed by atoms with Crippen LogP contribution in [0.5, 0.6) is 0 Å². The molecule has 1 aliphatic carbocycles. The molecule has 0 saturated heterocycles. The Morgan fingerprint density at radius 2 is 1.29 bits per heavy atom. The second kappa shape index (κ2) is 7.23. The summed E-state index contributed by atoms with van der Waals surface area (Å²) in [6.45, 7) is 9.48. The van der Waals surface area contributed by atoms with E-state index in [1.54, 1.807) is 0 Å². The highest BCUT2D eigenvalue weighted by molar-refractivity contribution is 7.89. The first-order valence-electron chi connectivity index (χ1n) is 8.55. The fourth-order valence-corrected chi connectivity index (χ4v) is 4.95. The van der Waals surface area contributed by atoms with Crippen LogP contribution in [0.1, 0.15) is 59.9 Å². The van der Waals surface area contributed by atoms with Gasteiger partial charge in [-0.15, -0.1) is 4.83 Å². The second-order valence-corrected chi connectivity index (χ2v) is 8.50. The van der Waals surface area contributed by atoms with Gasteiger partial charge in [-0.3, -0.25) is 10.2 Å². The van der Waals surface area contributed by atoms with Crippen LogP contribution in [0, 0.1) is 40.5 Å².